The molecule has 1 N–H and O–H groups in total. The first-order valence-corrected chi connectivity index (χ1v) is 10.2. The minimum atomic E-state index is -0.135. The van der Waals surface area contributed by atoms with E-state index in [9.17, 15) is 4.79 Å². The van der Waals surface area contributed by atoms with Crippen molar-refractivity contribution in [3.8, 4) is 17.2 Å². The zero-order valence-electron chi connectivity index (χ0n) is 17.9. The maximum atomic E-state index is 12.5. The number of benzene rings is 2. The first-order chi connectivity index (χ1) is 14.6. The van der Waals surface area contributed by atoms with E-state index >= 15 is 0 Å². The van der Waals surface area contributed by atoms with Gasteiger partial charge in [0.15, 0.2) is 0 Å². The number of amides is 1. The van der Waals surface area contributed by atoms with E-state index < -0.39 is 0 Å². The van der Waals surface area contributed by atoms with Crippen LogP contribution >= 0.6 is 0 Å². The molecule has 1 saturated heterocycles. The molecule has 1 unspecified atom stereocenters. The summed E-state index contributed by atoms with van der Waals surface area (Å²) in [5.41, 5.74) is 1.99. The molecule has 2 aromatic carbocycles. The number of hydrogen-bond donors (Lipinski definition) is 1. The Hall–Kier alpha value is -2.99. The molecule has 3 rings (SSSR count). The second kappa shape index (κ2) is 10.7. The van der Waals surface area contributed by atoms with Gasteiger partial charge < -0.3 is 19.5 Å². The maximum absolute atomic E-state index is 12.5. The van der Waals surface area contributed by atoms with E-state index in [1.807, 2.05) is 30.3 Å². The number of ether oxygens (including phenoxy) is 3. The van der Waals surface area contributed by atoms with Gasteiger partial charge in [-0.15, -0.1) is 0 Å². The molecule has 0 bridgehead atoms. The Balaban J connectivity index is 1.67. The lowest BCUT2D eigenvalue weighted by Gasteiger charge is -2.28. The van der Waals surface area contributed by atoms with Crippen LogP contribution in [0.4, 0.5) is 0 Å². The van der Waals surface area contributed by atoms with E-state index in [1.165, 1.54) is 12.8 Å². The highest BCUT2D eigenvalue weighted by Crippen LogP contribution is 2.27. The third-order valence-corrected chi connectivity index (χ3v) is 5.33. The summed E-state index contributed by atoms with van der Waals surface area (Å²) in [4.78, 5) is 14.9. The lowest BCUT2D eigenvalue weighted by Crippen LogP contribution is -2.36. The predicted octanol–water partition coefficient (Wildman–Crippen LogP) is 3.68. The van der Waals surface area contributed by atoms with Gasteiger partial charge in [0.05, 0.1) is 27.4 Å². The molecule has 30 heavy (non-hydrogen) atoms. The second-order valence-corrected chi connectivity index (χ2v) is 7.26. The Labute approximate surface area is 178 Å². The molecule has 1 fully saturated rings. The summed E-state index contributed by atoms with van der Waals surface area (Å²) in [6.07, 6.45) is 5.68. The van der Waals surface area contributed by atoms with E-state index in [-0.39, 0.29) is 11.9 Å². The third-order valence-electron chi connectivity index (χ3n) is 5.33. The molecule has 1 heterocycles. The molecule has 2 aromatic rings. The van der Waals surface area contributed by atoms with Gasteiger partial charge in [-0.25, -0.2) is 0 Å². The molecule has 6 nitrogen and oxygen atoms in total. The number of methoxy groups -OCH3 is 3. The van der Waals surface area contributed by atoms with Gasteiger partial charge in [0, 0.05) is 18.7 Å². The van der Waals surface area contributed by atoms with Crippen molar-refractivity contribution in [3.63, 3.8) is 0 Å². The molecule has 1 amide bonds. The molecule has 0 aliphatic carbocycles. The average Bonchev–Trinajstić information content (AvgIpc) is 3.32. The highest BCUT2D eigenvalue weighted by molar-refractivity contribution is 5.91. The van der Waals surface area contributed by atoms with Crippen LogP contribution in [0.1, 0.15) is 30.0 Å². The van der Waals surface area contributed by atoms with Crippen molar-refractivity contribution < 1.29 is 19.0 Å². The summed E-state index contributed by atoms with van der Waals surface area (Å²) in [6.45, 7) is 2.62. The Morgan fingerprint density at radius 1 is 1.00 bits per heavy atom. The number of carbonyl (C=O) groups excluding carboxylic acids is 1. The van der Waals surface area contributed by atoms with Gasteiger partial charge in [0.1, 0.15) is 17.2 Å². The highest BCUT2D eigenvalue weighted by Gasteiger charge is 2.24. The highest BCUT2D eigenvalue weighted by atomic mass is 16.5. The third kappa shape index (κ3) is 5.76. The molecule has 160 valence electrons. The smallest absolute Gasteiger partial charge is 0.244 e. The van der Waals surface area contributed by atoms with Crippen LogP contribution in [0.2, 0.25) is 0 Å². The van der Waals surface area contributed by atoms with Gasteiger partial charge in [0.2, 0.25) is 5.91 Å². The average molecular weight is 411 g/mol. The monoisotopic (exact) mass is 410 g/mol. The van der Waals surface area contributed by atoms with Crippen molar-refractivity contribution in [1.29, 1.82) is 0 Å². The fraction of sp³-hybridized carbons (Fsp3) is 0.375. The molecule has 1 atom stereocenters. The number of nitrogens with one attached hydrogen (secondary N) is 1. The molecule has 1 aliphatic heterocycles. The summed E-state index contributed by atoms with van der Waals surface area (Å²) in [7, 11) is 4.88. The Morgan fingerprint density at radius 2 is 1.67 bits per heavy atom. The van der Waals surface area contributed by atoms with Crippen LogP contribution in [0.3, 0.4) is 0 Å². The topological polar surface area (TPSA) is 60.0 Å². The molecular formula is C24H30N2O4. The van der Waals surface area contributed by atoms with Crippen molar-refractivity contribution in [2.45, 2.75) is 18.9 Å². The fourth-order valence-corrected chi connectivity index (χ4v) is 3.71. The molecule has 0 spiro atoms. The minimum absolute atomic E-state index is 0.122. The van der Waals surface area contributed by atoms with Crippen molar-refractivity contribution in [2.24, 2.45) is 0 Å². The van der Waals surface area contributed by atoms with E-state index in [4.69, 9.17) is 14.2 Å². The summed E-state index contributed by atoms with van der Waals surface area (Å²) >= 11 is 0. The number of likely N-dealkylation sites (tertiary alicyclic amines) is 1. The lowest BCUT2D eigenvalue weighted by atomic mass is 10.0. The standard InChI is InChI=1S/C24H30N2O4/c1-28-20-8-6-7-19(15-20)23(26-11-4-5-12-26)17-25-24(27)10-9-18-13-21(29-2)16-22(14-18)30-3/h6-10,13-16,23H,4-5,11-12,17H2,1-3H3,(H,25,27)/b10-9+. The Bertz CT molecular complexity index is 853. The van der Waals surface area contributed by atoms with Crippen LogP contribution in [-0.4, -0.2) is 51.8 Å². The van der Waals surface area contributed by atoms with Crippen molar-refractivity contribution in [2.75, 3.05) is 41.0 Å². The van der Waals surface area contributed by atoms with Gasteiger partial charge in [0.25, 0.3) is 0 Å². The summed E-state index contributed by atoms with van der Waals surface area (Å²) < 4.78 is 15.9. The molecule has 0 aromatic heterocycles. The Kier molecular flexibility index (Phi) is 7.74. The SMILES string of the molecule is COc1cc(/C=C/C(=O)NCC(c2cccc(OC)c2)N2CCCC2)cc(OC)c1. The van der Waals surface area contributed by atoms with Crippen LogP contribution in [0.5, 0.6) is 17.2 Å². The molecule has 0 radical (unpaired) electrons. The van der Waals surface area contributed by atoms with Crippen LogP contribution in [0.15, 0.2) is 48.5 Å². The van der Waals surface area contributed by atoms with Gasteiger partial charge in [-0.1, -0.05) is 12.1 Å². The van der Waals surface area contributed by atoms with Crippen LogP contribution in [0, 0.1) is 0 Å². The molecular weight excluding hydrogens is 380 g/mol. The summed E-state index contributed by atoms with van der Waals surface area (Å²) in [6, 6.07) is 13.7. The first kappa shape index (κ1) is 21.7. The van der Waals surface area contributed by atoms with Crippen molar-refractivity contribution >= 4 is 12.0 Å². The van der Waals surface area contributed by atoms with Crippen LogP contribution in [-0.2, 0) is 4.79 Å². The van der Waals surface area contributed by atoms with Gasteiger partial charge in [-0.05, 0) is 67.4 Å². The van der Waals surface area contributed by atoms with Crippen LogP contribution in [0.25, 0.3) is 6.08 Å². The van der Waals surface area contributed by atoms with Crippen LogP contribution < -0.4 is 19.5 Å². The zero-order chi connectivity index (χ0) is 21.3. The lowest BCUT2D eigenvalue weighted by molar-refractivity contribution is -0.116. The number of hydrogen-bond acceptors (Lipinski definition) is 5. The largest absolute Gasteiger partial charge is 0.497 e. The van der Waals surface area contributed by atoms with Gasteiger partial charge in [-0.3, -0.25) is 9.69 Å². The first-order valence-electron chi connectivity index (χ1n) is 10.2. The van der Waals surface area contributed by atoms with Crippen molar-refractivity contribution in [1.82, 2.24) is 10.2 Å². The summed E-state index contributed by atoms with van der Waals surface area (Å²) in [5.74, 6) is 2.06. The zero-order valence-corrected chi connectivity index (χ0v) is 17.9. The van der Waals surface area contributed by atoms with Crippen molar-refractivity contribution in [3.05, 3.63) is 59.7 Å². The van der Waals surface area contributed by atoms with E-state index in [2.05, 4.69) is 16.3 Å². The Morgan fingerprint density at radius 3 is 2.30 bits per heavy atom. The summed E-state index contributed by atoms with van der Waals surface area (Å²) in [5, 5.41) is 3.05. The normalized spacial score (nSPS) is 15.2. The molecule has 0 saturated carbocycles. The number of rotatable bonds is 9. The van der Waals surface area contributed by atoms with Gasteiger partial charge in [-0.2, -0.15) is 0 Å². The van der Waals surface area contributed by atoms with E-state index in [0.29, 0.717) is 18.0 Å². The maximum Gasteiger partial charge on any atom is 0.244 e. The number of nitrogens with zero attached hydrogens (tertiary/aromatic N) is 1. The number of carbonyl (C=O) groups is 1. The van der Waals surface area contributed by atoms with E-state index in [1.54, 1.807) is 39.5 Å². The molecule has 1 aliphatic rings. The minimum Gasteiger partial charge on any atom is -0.497 e. The quantitative estimate of drug-likeness (QED) is 0.639. The van der Waals surface area contributed by atoms with Gasteiger partial charge >= 0.3 is 0 Å². The van der Waals surface area contributed by atoms with E-state index in [0.717, 1.165) is 30.0 Å². The predicted molar refractivity (Wildman–Crippen MR) is 118 cm³/mol. The molecule has 6 heteroatoms. The second-order valence-electron chi connectivity index (χ2n) is 7.26. The fourth-order valence-electron chi connectivity index (χ4n) is 3.71.